The number of hydrogen-bond donors (Lipinski definition) is 2. The van der Waals surface area contributed by atoms with Crippen LogP contribution in [0, 0.1) is 5.92 Å². The maximum absolute atomic E-state index is 3.69. The molecule has 1 saturated heterocycles. The molecule has 2 fully saturated rings. The highest BCUT2D eigenvalue weighted by Crippen LogP contribution is 2.26. The normalized spacial score (nSPS) is 36.7. The van der Waals surface area contributed by atoms with Crippen LogP contribution in [-0.4, -0.2) is 23.2 Å². The fraction of sp³-hybridized carbons (Fsp3) is 1.00. The van der Waals surface area contributed by atoms with Crippen molar-refractivity contribution in [2.45, 2.75) is 44.3 Å². The van der Waals surface area contributed by atoms with Crippen molar-refractivity contribution in [3.05, 3.63) is 0 Å². The topological polar surface area (TPSA) is 24.1 Å². The van der Waals surface area contributed by atoms with Crippen LogP contribution < -0.4 is 10.6 Å². The van der Waals surface area contributed by atoms with Crippen LogP contribution in [0.4, 0.5) is 0 Å². The molecule has 0 aromatic rings. The highest BCUT2D eigenvalue weighted by atomic mass is 127. The largest absolute Gasteiger partial charge is 0.300 e. The molecule has 2 N–H and O–H groups in total. The van der Waals surface area contributed by atoms with Crippen LogP contribution in [0.25, 0.3) is 0 Å². The number of hydrogen-bond acceptors (Lipinski definition) is 2. The SMILES string of the molecule is ICC1CNC(C2CCCCC2)N1. The second-order valence-electron chi connectivity index (χ2n) is 4.30. The van der Waals surface area contributed by atoms with Gasteiger partial charge in [-0.05, 0) is 18.8 Å². The smallest absolute Gasteiger partial charge is 0.0604 e. The average molecular weight is 294 g/mol. The Balaban J connectivity index is 1.80. The second-order valence-corrected chi connectivity index (χ2v) is 5.18. The summed E-state index contributed by atoms with van der Waals surface area (Å²) in [5.41, 5.74) is 0. The lowest BCUT2D eigenvalue weighted by Gasteiger charge is -2.27. The summed E-state index contributed by atoms with van der Waals surface area (Å²) < 4.78 is 1.23. The summed E-state index contributed by atoms with van der Waals surface area (Å²) in [7, 11) is 0. The van der Waals surface area contributed by atoms with E-state index in [1.54, 1.807) is 0 Å². The average Bonchev–Trinajstić information content (AvgIpc) is 2.67. The number of nitrogens with one attached hydrogen (secondary N) is 2. The molecule has 2 rings (SSSR count). The zero-order chi connectivity index (χ0) is 9.10. The quantitative estimate of drug-likeness (QED) is 0.600. The van der Waals surface area contributed by atoms with Crippen molar-refractivity contribution in [1.29, 1.82) is 0 Å². The first-order valence-electron chi connectivity index (χ1n) is 5.45. The van der Waals surface area contributed by atoms with E-state index in [4.69, 9.17) is 0 Å². The van der Waals surface area contributed by atoms with Crippen molar-refractivity contribution in [2.75, 3.05) is 11.0 Å². The van der Waals surface area contributed by atoms with Crippen LogP contribution in [0.2, 0.25) is 0 Å². The molecule has 1 heterocycles. The zero-order valence-electron chi connectivity index (χ0n) is 8.06. The van der Waals surface area contributed by atoms with E-state index in [1.165, 1.54) is 43.1 Å². The van der Waals surface area contributed by atoms with Crippen LogP contribution in [-0.2, 0) is 0 Å². The number of halogens is 1. The Hall–Kier alpha value is 0.650. The van der Waals surface area contributed by atoms with Gasteiger partial charge in [0.15, 0.2) is 0 Å². The third-order valence-corrected chi connectivity index (χ3v) is 4.37. The summed E-state index contributed by atoms with van der Waals surface area (Å²) in [5.74, 6) is 0.904. The van der Waals surface area contributed by atoms with Gasteiger partial charge in [-0.15, -0.1) is 0 Å². The molecule has 1 saturated carbocycles. The molecule has 0 bridgehead atoms. The molecule has 2 aliphatic rings. The Morgan fingerprint density at radius 3 is 2.54 bits per heavy atom. The van der Waals surface area contributed by atoms with Gasteiger partial charge in [0.25, 0.3) is 0 Å². The molecule has 0 aromatic heterocycles. The maximum atomic E-state index is 3.69. The van der Waals surface area contributed by atoms with Crippen LogP contribution >= 0.6 is 22.6 Å². The minimum absolute atomic E-state index is 0.625. The molecule has 3 heteroatoms. The second kappa shape index (κ2) is 4.94. The fourth-order valence-corrected chi connectivity index (χ4v) is 3.08. The lowest BCUT2D eigenvalue weighted by atomic mass is 9.87. The predicted molar refractivity (Wildman–Crippen MR) is 64.2 cm³/mol. The Kier molecular flexibility index (Phi) is 3.86. The van der Waals surface area contributed by atoms with Crippen LogP contribution in [0.15, 0.2) is 0 Å². The Morgan fingerprint density at radius 1 is 1.15 bits per heavy atom. The van der Waals surface area contributed by atoms with Gasteiger partial charge in [0, 0.05) is 17.0 Å². The highest BCUT2D eigenvalue weighted by molar-refractivity contribution is 14.1. The molecule has 2 nitrogen and oxygen atoms in total. The van der Waals surface area contributed by atoms with Gasteiger partial charge in [-0.2, -0.15) is 0 Å². The van der Waals surface area contributed by atoms with E-state index in [9.17, 15) is 0 Å². The molecule has 0 spiro atoms. The van der Waals surface area contributed by atoms with Gasteiger partial charge in [-0.3, -0.25) is 5.32 Å². The molecule has 0 radical (unpaired) electrons. The maximum Gasteiger partial charge on any atom is 0.0604 e. The first kappa shape index (κ1) is 10.2. The monoisotopic (exact) mass is 294 g/mol. The predicted octanol–water partition coefficient (Wildman–Crippen LogP) is 1.89. The van der Waals surface area contributed by atoms with Gasteiger partial charge in [-0.1, -0.05) is 41.9 Å². The third kappa shape index (κ3) is 2.57. The van der Waals surface area contributed by atoms with E-state index >= 15 is 0 Å². The first-order chi connectivity index (χ1) is 6.40. The fourth-order valence-electron chi connectivity index (χ4n) is 2.51. The van der Waals surface area contributed by atoms with Gasteiger partial charge < -0.3 is 5.32 Å². The Bertz CT molecular complexity index is 157. The molecular formula is C10H19IN2. The summed E-state index contributed by atoms with van der Waals surface area (Å²) in [6, 6.07) is 0.715. The molecule has 0 aromatic carbocycles. The molecule has 0 amide bonds. The van der Waals surface area contributed by atoms with Crippen LogP contribution in [0.3, 0.4) is 0 Å². The zero-order valence-corrected chi connectivity index (χ0v) is 10.2. The lowest BCUT2D eigenvalue weighted by Crippen LogP contribution is -2.41. The molecule has 2 unspecified atom stereocenters. The van der Waals surface area contributed by atoms with Crippen LogP contribution in [0.5, 0.6) is 0 Å². The van der Waals surface area contributed by atoms with E-state index in [-0.39, 0.29) is 0 Å². The Morgan fingerprint density at radius 2 is 1.92 bits per heavy atom. The summed E-state index contributed by atoms with van der Waals surface area (Å²) in [4.78, 5) is 0. The molecular weight excluding hydrogens is 275 g/mol. The molecule has 76 valence electrons. The highest BCUT2D eigenvalue weighted by Gasteiger charge is 2.29. The van der Waals surface area contributed by atoms with Crippen molar-refractivity contribution >= 4 is 22.6 Å². The van der Waals surface area contributed by atoms with E-state index in [0.29, 0.717) is 12.2 Å². The van der Waals surface area contributed by atoms with E-state index in [1.807, 2.05) is 0 Å². The van der Waals surface area contributed by atoms with E-state index in [2.05, 4.69) is 33.2 Å². The molecule has 2 atom stereocenters. The lowest BCUT2D eigenvalue weighted by molar-refractivity contribution is 0.268. The first-order valence-corrected chi connectivity index (χ1v) is 6.98. The summed E-state index contributed by atoms with van der Waals surface area (Å²) in [6.07, 6.45) is 7.83. The van der Waals surface area contributed by atoms with Gasteiger partial charge >= 0.3 is 0 Å². The number of alkyl halides is 1. The van der Waals surface area contributed by atoms with E-state index < -0.39 is 0 Å². The van der Waals surface area contributed by atoms with Gasteiger partial charge in [0.05, 0.1) is 6.17 Å². The minimum atomic E-state index is 0.625. The van der Waals surface area contributed by atoms with Crippen LogP contribution in [0.1, 0.15) is 32.1 Å². The Labute approximate surface area is 94.4 Å². The molecule has 1 aliphatic carbocycles. The molecule has 1 aliphatic heterocycles. The minimum Gasteiger partial charge on any atom is -0.300 e. The van der Waals surface area contributed by atoms with Gasteiger partial charge in [0.1, 0.15) is 0 Å². The van der Waals surface area contributed by atoms with Gasteiger partial charge in [0.2, 0.25) is 0 Å². The van der Waals surface area contributed by atoms with Crippen molar-refractivity contribution in [3.8, 4) is 0 Å². The van der Waals surface area contributed by atoms with Crippen molar-refractivity contribution < 1.29 is 0 Å². The van der Waals surface area contributed by atoms with Crippen molar-refractivity contribution in [1.82, 2.24) is 10.6 Å². The standard InChI is InChI=1S/C10H19IN2/c11-6-9-7-12-10(13-9)8-4-2-1-3-5-8/h8-10,12-13H,1-7H2. The van der Waals surface area contributed by atoms with Crippen molar-refractivity contribution in [2.24, 2.45) is 5.92 Å². The van der Waals surface area contributed by atoms with Crippen molar-refractivity contribution in [3.63, 3.8) is 0 Å². The van der Waals surface area contributed by atoms with E-state index in [0.717, 1.165) is 5.92 Å². The summed E-state index contributed by atoms with van der Waals surface area (Å²) in [5, 5.41) is 7.30. The summed E-state index contributed by atoms with van der Waals surface area (Å²) in [6.45, 7) is 1.17. The molecule has 13 heavy (non-hydrogen) atoms. The van der Waals surface area contributed by atoms with Gasteiger partial charge in [-0.25, -0.2) is 0 Å². The summed E-state index contributed by atoms with van der Waals surface area (Å²) >= 11 is 2.47. The number of rotatable bonds is 2. The third-order valence-electron chi connectivity index (χ3n) is 3.31.